The summed E-state index contributed by atoms with van der Waals surface area (Å²) in [6.07, 6.45) is 5.20. The zero-order chi connectivity index (χ0) is 16.9. The molecule has 5 nitrogen and oxygen atoms in total. The van der Waals surface area contributed by atoms with Crippen LogP contribution >= 0.6 is 24.2 Å². The minimum Gasteiger partial charge on any atom is -0.493 e. The van der Waals surface area contributed by atoms with Crippen LogP contribution in [-0.4, -0.2) is 44.0 Å². The summed E-state index contributed by atoms with van der Waals surface area (Å²) < 4.78 is 10.5. The number of thioether (sulfide) groups is 1. The third-order valence-corrected chi connectivity index (χ3v) is 5.79. The quantitative estimate of drug-likeness (QED) is 0.705. The van der Waals surface area contributed by atoms with Crippen LogP contribution in [0.1, 0.15) is 32.1 Å². The molecule has 7 heteroatoms. The van der Waals surface area contributed by atoms with E-state index < -0.39 is 0 Å². The van der Waals surface area contributed by atoms with Crippen molar-refractivity contribution in [1.82, 2.24) is 10.6 Å². The van der Waals surface area contributed by atoms with Gasteiger partial charge in [0, 0.05) is 35.2 Å². The Morgan fingerprint density at radius 3 is 2.52 bits per heavy atom. The minimum atomic E-state index is 0. The van der Waals surface area contributed by atoms with E-state index in [1.807, 2.05) is 18.2 Å². The van der Waals surface area contributed by atoms with Crippen molar-refractivity contribution in [3.63, 3.8) is 0 Å². The van der Waals surface area contributed by atoms with Gasteiger partial charge in [-0.25, -0.2) is 0 Å². The number of carbonyl (C=O) groups is 1. The zero-order valence-corrected chi connectivity index (χ0v) is 16.4. The molecule has 2 N–H and O–H groups in total. The third kappa shape index (κ3) is 5.43. The second-order valence-electron chi connectivity index (χ2n) is 6.49. The van der Waals surface area contributed by atoms with Gasteiger partial charge in [-0.1, -0.05) is 0 Å². The van der Waals surface area contributed by atoms with Gasteiger partial charge in [0.15, 0.2) is 11.5 Å². The van der Waals surface area contributed by atoms with Gasteiger partial charge in [-0.15, -0.1) is 24.2 Å². The number of carbonyl (C=O) groups excluding carboxylic acids is 1. The molecule has 2 bridgehead atoms. The molecule has 25 heavy (non-hydrogen) atoms. The number of rotatable bonds is 7. The maximum Gasteiger partial charge on any atom is 0.221 e. The van der Waals surface area contributed by atoms with Crippen molar-refractivity contribution >= 4 is 30.1 Å². The Morgan fingerprint density at radius 1 is 1.20 bits per heavy atom. The highest BCUT2D eigenvalue weighted by atomic mass is 35.5. The summed E-state index contributed by atoms with van der Waals surface area (Å²) in [7, 11) is 3.26. The van der Waals surface area contributed by atoms with Crippen molar-refractivity contribution in [3.8, 4) is 11.5 Å². The highest BCUT2D eigenvalue weighted by Crippen LogP contribution is 2.32. The van der Waals surface area contributed by atoms with Gasteiger partial charge in [0.1, 0.15) is 0 Å². The molecule has 140 valence electrons. The molecule has 0 saturated carbocycles. The smallest absolute Gasteiger partial charge is 0.221 e. The zero-order valence-electron chi connectivity index (χ0n) is 14.7. The van der Waals surface area contributed by atoms with Gasteiger partial charge in [0.25, 0.3) is 0 Å². The molecule has 3 rings (SSSR count). The highest BCUT2D eigenvalue weighted by Gasteiger charge is 2.33. The van der Waals surface area contributed by atoms with Crippen LogP contribution in [0, 0.1) is 0 Å². The summed E-state index contributed by atoms with van der Waals surface area (Å²) in [5.41, 5.74) is 0. The molecule has 1 amide bonds. The molecular formula is C18H27ClN2O3S. The summed E-state index contributed by atoms with van der Waals surface area (Å²) in [6, 6.07) is 7.40. The molecule has 2 aliphatic rings. The minimum absolute atomic E-state index is 0. The standard InChI is InChI=1S/C18H26N2O3S.ClH/c1-22-16-6-5-15(11-17(16)23-2)24-8-7-18(21)20-14-9-12-3-4-13(10-14)19-12;/h5-6,11-14,19H,3-4,7-10H2,1-2H3,(H,20,21);1H. The second kappa shape index (κ2) is 9.55. The lowest BCUT2D eigenvalue weighted by Gasteiger charge is -2.29. The first-order chi connectivity index (χ1) is 11.7. The molecule has 2 heterocycles. The lowest BCUT2D eigenvalue weighted by molar-refractivity contribution is -0.121. The average Bonchev–Trinajstić information content (AvgIpc) is 2.93. The molecule has 0 spiro atoms. The monoisotopic (exact) mass is 386 g/mol. The fourth-order valence-corrected chi connectivity index (χ4v) is 4.52. The number of piperidine rings is 1. The van der Waals surface area contributed by atoms with Crippen LogP contribution in [-0.2, 0) is 4.79 Å². The van der Waals surface area contributed by atoms with Crippen molar-refractivity contribution in [2.45, 2.75) is 55.1 Å². The summed E-state index contributed by atoms with van der Waals surface area (Å²) in [6.45, 7) is 0. The molecular weight excluding hydrogens is 360 g/mol. The van der Waals surface area contributed by atoms with E-state index in [-0.39, 0.29) is 18.3 Å². The summed E-state index contributed by atoms with van der Waals surface area (Å²) in [5, 5.41) is 6.81. The Bertz CT molecular complexity index is 575. The molecule has 1 aromatic rings. The Morgan fingerprint density at radius 2 is 1.88 bits per heavy atom. The number of halogens is 1. The summed E-state index contributed by atoms with van der Waals surface area (Å²) >= 11 is 1.66. The fourth-order valence-electron chi connectivity index (χ4n) is 3.64. The number of benzene rings is 1. The van der Waals surface area contributed by atoms with Crippen LogP contribution in [0.4, 0.5) is 0 Å². The van der Waals surface area contributed by atoms with Gasteiger partial charge in [0.2, 0.25) is 5.91 Å². The predicted octanol–water partition coefficient (Wildman–Crippen LogP) is 3.01. The molecule has 2 unspecified atom stereocenters. The first kappa shape index (κ1) is 20.2. The number of nitrogens with one attached hydrogen (secondary N) is 2. The molecule has 0 radical (unpaired) electrons. The van der Waals surface area contributed by atoms with Gasteiger partial charge < -0.3 is 20.1 Å². The number of ether oxygens (including phenoxy) is 2. The molecule has 2 atom stereocenters. The maximum atomic E-state index is 12.2. The van der Waals surface area contributed by atoms with Crippen molar-refractivity contribution in [2.24, 2.45) is 0 Å². The SMILES string of the molecule is COc1ccc(SCCC(=O)NC2CC3CCC(C2)N3)cc1OC.Cl. The lowest BCUT2D eigenvalue weighted by atomic mass is 10.00. The summed E-state index contributed by atoms with van der Waals surface area (Å²) in [5.74, 6) is 2.37. The molecule has 0 aromatic heterocycles. The Kier molecular flexibility index (Phi) is 7.72. The predicted molar refractivity (Wildman–Crippen MR) is 103 cm³/mol. The van der Waals surface area contributed by atoms with Gasteiger partial charge in [-0.05, 0) is 43.9 Å². The van der Waals surface area contributed by atoms with E-state index in [0.717, 1.165) is 35.0 Å². The Balaban J connectivity index is 0.00000225. The summed E-state index contributed by atoms with van der Waals surface area (Å²) in [4.78, 5) is 13.3. The normalized spacial score (nSPS) is 24.3. The number of fused-ring (bicyclic) bond motifs is 2. The Labute approximate surface area is 160 Å². The second-order valence-corrected chi connectivity index (χ2v) is 7.66. The topological polar surface area (TPSA) is 59.6 Å². The van der Waals surface area contributed by atoms with Gasteiger partial charge >= 0.3 is 0 Å². The Hall–Kier alpha value is -1.11. The van der Waals surface area contributed by atoms with Crippen molar-refractivity contribution in [1.29, 1.82) is 0 Å². The molecule has 2 saturated heterocycles. The lowest BCUT2D eigenvalue weighted by Crippen LogP contribution is -2.48. The van der Waals surface area contributed by atoms with Gasteiger partial charge in [-0.3, -0.25) is 4.79 Å². The fraction of sp³-hybridized carbons (Fsp3) is 0.611. The number of hydrogen-bond acceptors (Lipinski definition) is 5. The van der Waals surface area contributed by atoms with E-state index in [9.17, 15) is 4.79 Å². The molecule has 2 aliphatic heterocycles. The first-order valence-corrected chi connectivity index (χ1v) is 9.56. The number of methoxy groups -OCH3 is 2. The molecule has 1 aromatic carbocycles. The van der Waals surface area contributed by atoms with Gasteiger partial charge in [0.05, 0.1) is 14.2 Å². The number of hydrogen-bond donors (Lipinski definition) is 2. The van der Waals surface area contributed by atoms with Crippen molar-refractivity contribution in [2.75, 3.05) is 20.0 Å². The van der Waals surface area contributed by atoms with Crippen LogP contribution in [0.15, 0.2) is 23.1 Å². The number of amides is 1. The van der Waals surface area contributed by atoms with E-state index in [0.29, 0.717) is 24.5 Å². The van der Waals surface area contributed by atoms with Gasteiger partial charge in [-0.2, -0.15) is 0 Å². The van der Waals surface area contributed by atoms with E-state index in [2.05, 4.69) is 10.6 Å². The van der Waals surface area contributed by atoms with Crippen LogP contribution in [0.5, 0.6) is 11.5 Å². The van der Waals surface area contributed by atoms with Crippen LogP contribution in [0.3, 0.4) is 0 Å². The van der Waals surface area contributed by atoms with E-state index >= 15 is 0 Å². The van der Waals surface area contributed by atoms with E-state index in [1.165, 1.54) is 12.8 Å². The third-order valence-electron chi connectivity index (χ3n) is 4.79. The van der Waals surface area contributed by atoms with Crippen LogP contribution < -0.4 is 20.1 Å². The van der Waals surface area contributed by atoms with Crippen LogP contribution in [0.2, 0.25) is 0 Å². The van der Waals surface area contributed by atoms with Crippen molar-refractivity contribution in [3.05, 3.63) is 18.2 Å². The van der Waals surface area contributed by atoms with Crippen LogP contribution in [0.25, 0.3) is 0 Å². The molecule has 0 aliphatic carbocycles. The first-order valence-electron chi connectivity index (χ1n) is 8.58. The van der Waals surface area contributed by atoms with E-state index in [1.54, 1.807) is 26.0 Å². The van der Waals surface area contributed by atoms with Crippen molar-refractivity contribution < 1.29 is 14.3 Å². The highest BCUT2D eigenvalue weighted by molar-refractivity contribution is 7.99. The maximum absolute atomic E-state index is 12.2. The molecule has 2 fully saturated rings. The average molecular weight is 387 g/mol. The largest absolute Gasteiger partial charge is 0.493 e. The van der Waals surface area contributed by atoms with E-state index in [4.69, 9.17) is 9.47 Å².